The monoisotopic (exact) mass is 250 g/mol. The minimum atomic E-state index is -0.495. The maximum Gasteiger partial charge on any atom is 0.0661 e. The molecule has 0 spiro atoms. The van der Waals surface area contributed by atoms with Crippen LogP contribution in [0.2, 0.25) is 0 Å². The van der Waals surface area contributed by atoms with E-state index in [2.05, 4.69) is 38.1 Å². The van der Waals surface area contributed by atoms with Crippen molar-refractivity contribution in [2.24, 2.45) is 11.3 Å². The SMILES string of the molecule is CC1(C)CC[C@](C)(O)[C@@H]1CSc1ccccc1. The molecule has 2 rings (SSSR count). The van der Waals surface area contributed by atoms with E-state index in [4.69, 9.17) is 0 Å². The van der Waals surface area contributed by atoms with Gasteiger partial charge in [-0.1, -0.05) is 32.0 Å². The van der Waals surface area contributed by atoms with Gasteiger partial charge >= 0.3 is 0 Å². The largest absolute Gasteiger partial charge is 0.390 e. The number of aliphatic hydroxyl groups is 1. The Morgan fingerprint density at radius 1 is 1.18 bits per heavy atom. The molecule has 1 aliphatic rings. The normalized spacial score (nSPS) is 31.6. The van der Waals surface area contributed by atoms with E-state index >= 15 is 0 Å². The Kier molecular flexibility index (Phi) is 3.55. The second-order valence-corrected chi connectivity index (χ2v) is 7.12. The average molecular weight is 250 g/mol. The molecule has 1 N–H and O–H groups in total. The highest BCUT2D eigenvalue weighted by Crippen LogP contribution is 2.50. The minimum Gasteiger partial charge on any atom is -0.390 e. The van der Waals surface area contributed by atoms with Crippen LogP contribution in [0.5, 0.6) is 0 Å². The van der Waals surface area contributed by atoms with Gasteiger partial charge in [-0.05, 0) is 37.3 Å². The fourth-order valence-corrected chi connectivity index (χ4v) is 4.39. The summed E-state index contributed by atoms with van der Waals surface area (Å²) in [5.74, 6) is 1.38. The molecule has 0 saturated heterocycles. The van der Waals surface area contributed by atoms with Crippen LogP contribution in [0, 0.1) is 11.3 Å². The first-order valence-corrected chi connectivity index (χ1v) is 7.31. The van der Waals surface area contributed by atoms with Crippen molar-refractivity contribution in [3.05, 3.63) is 30.3 Å². The summed E-state index contributed by atoms with van der Waals surface area (Å²) in [6, 6.07) is 10.5. The van der Waals surface area contributed by atoms with Crippen molar-refractivity contribution in [3.63, 3.8) is 0 Å². The number of hydrogen-bond donors (Lipinski definition) is 1. The van der Waals surface area contributed by atoms with Crippen LogP contribution in [0.3, 0.4) is 0 Å². The molecule has 2 atom stereocenters. The lowest BCUT2D eigenvalue weighted by atomic mass is 9.79. The van der Waals surface area contributed by atoms with Crippen LogP contribution in [0.25, 0.3) is 0 Å². The molecule has 0 bridgehead atoms. The third kappa shape index (κ3) is 2.86. The molecule has 0 aliphatic heterocycles. The van der Waals surface area contributed by atoms with Gasteiger partial charge in [0.05, 0.1) is 5.60 Å². The minimum absolute atomic E-state index is 0.255. The summed E-state index contributed by atoms with van der Waals surface area (Å²) in [4.78, 5) is 1.30. The van der Waals surface area contributed by atoms with Gasteiger partial charge in [-0.15, -0.1) is 11.8 Å². The zero-order valence-corrected chi connectivity index (χ0v) is 11.8. The molecule has 1 aliphatic carbocycles. The van der Waals surface area contributed by atoms with Gasteiger partial charge in [-0.3, -0.25) is 0 Å². The molecular formula is C15H22OS. The number of thioether (sulfide) groups is 1. The highest BCUT2D eigenvalue weighted by atomic mass is 32.2. The molecule has 1 saturated carbocycles. The Morgan fingerprint density at radius 2 is 1.82 bits per heavy atom. The molecule has 1 nitrogen and oxygen atoms in total. The van der Waals surface area contributed by atoms with Crippen LogP contribution in [0.1, 0.15) is 33.6 Å². The highest BCUT2D eigenvalue weighted by molar-refractivity contribution is 7.99. The maximum absolute atomic E-state index is 10.5. The maximum atomic E-state index is 10.5. The predicted molar refractivity (Wildman–Crippen MR) is 74.3 cm³/mol. The van der Waals surface area contributed by atoms with Crippen molar-refractivity contribution in [1.82, 2.24) is 0 Å². The Bertz CT molecular complexity index is 354. The first-order valence-electron chi connectivity index (χ1n) is 6.32. The Labute approximate surface area is 109 Å². The molecule has 1 aromatic carbocycles. The molecule has 0 aromatic heterocycles. The smallest absolute Gasteiger partial charge is 0.0661 e. The number of benzene rings is 1. The van der Waals surface area contributed by atoms with Crippen LogP contribution < -0.4 is 0 Å². The van der Waals surface area contributed by atoms with Crippen LogP contribution in [-0.2, 0) is 0 Å². The zero-order valence-electron chi connectivity index (χ0n) is 10.9. The number of rotatable bonds is 3. The standard InChI is InChI=1S/C15H22OS/c1-14(2)9-10-15(3,16)13(14)11-17-12-7-5-4-6-8-12/h4-8,13,16H,9-11H2,1-3H3/t13-,15+/m1/s1. The van der Waals surface area contributed by atoms with Crippen molar-refractivity contribution in [1.29, 1.82) is 0 Å². The number of hydrogen-bond acceptors (Lipinski definition) is 2. The lowest BCUT2D eigenvalue weighted by Crippen LogP contribution is -2.36. The van der Waals surface area contributed by atoms with E-state index in [1.54, 1.807) is 0 Å². The van der Waals surface area contributed by atoms with Crippen molar-refractivity contribution in [2.75, 3.05) is 5.75 Å². The van der Waals surface area contributed by atoms with Gasteiger partial charge < -0.3 is 5.11 Å². The van der Waals surface area contributed by atoms with E-state index in [1.165, 1.54) is 4.90 Å². The van der Waals surface area contributed by atoms with Crippen molar-refractivity contribution in [3.8, 4) is 0 Å². The van der Waals surface area contributed by atoms with Crippen LogP contribution in [0.4, 0.5) is 0 Å². The Balaban J connectivity index is 2.03. The van der Waals surface area contributed by atoms with Gasteiger partial charge in [-0.25, -0.2) is 0 Å². The van der Waals surface area contributed by atoms with Gasteiger partial charge in [0.25, 0.3) is 0 Å². The van der Waals surface area contributed by atoms with Gasteiger partial charge in [0.1, 0.15) is 0 Å². The molecule has 1 fully saturated rings. The summed E-state index contributed by atoms with van der Waals surface area (Å²) in [6.07, 6.45) is 2.06. The predicted octanol–water partition coefficient (Wildman–Crippen LogP) is 3.97. The fraction of sp³-hybridized carbons (Fsp3) is 0.600. The fourth-order valence-electron chi connectivity index (χ4n) is 2.87. The molecule has 2 heteroatoms. The molecule has 0 heterocycles. The van der Waals surface area contributed by atoms with Crippen molar-refractivity contribution >= 4 is 11.8 Å². The summed E-state index contributed by atoms with van der Waals surface area (Å²) >= 11 is 1.86. The summed E-state index contributed by atoms with van der Waals surface area (Å²) in [5.41, 5.74) is -0.240. The van der Waals surface area contributed by atoms with Gasteiger partial charge in [0.15, 0.2) is 0 Å². The second-order valence-electron chi connectivity index (χ2n) is 6.02. The molecule has 0 amide bonds. The van der Waals surface area contributed by atoms with E-state index in [1.807, 2.05) is 24.8 Å². The summed E-state index contributed by atoms with van der Waals surface area (Å²) in [5, 5.41) is 10.5. The lowest BCUT2D eigenvalue weighted by molar-refractivity contribution is 0.00753. The Morgan fingerprint density at radius 3 is 2.35 bits per heavy atom. The quantitative estimate of drug-likeness (QED) is 0.819. The summed E-state index contributed by atoms with van der Waals surface area (Å²) < 4.78 is 0. The van der Waals surface area contributed by atoms with Gasteiger partial charge in [0, 0.05) is 16.6 Å². The van der Waals surface area contributed by atoms with Crippen LogP contribution in [0.15, 0.2) is 35.2 Å². The third-order valence-electron chi connectivity index (χ3n) is 4.13. The molecular weight excluding hydrogens is 228 g/mol. The summed E-state index contributed by atoms with van der Waals surface area (Å²) in [6.45, 7) is 6.56. The first-order chi connectivity index (χ1) is 7.92. The van der Waals surface area contributed by atoms with E-state index in [9.17, 15) is 5.11 Å². The molecule has 17 heavy (non-hydrogen) atoms. The molecule has 1 aromatic rings. The van der Waals surface area contributed by atoms with Crippen LogP contribution >= 0.6 is 11.8 Å². The second kappa shape index (κ2) is 4.66. The lowest BCUT2D eigenvalue weighted by Gasteiger charge is -2.34. The topological polar surface area (TPSA) is 20.2 Å². The average Bonchev–Trinajstić information content (AvgIpc) is 2.48. The van der Waals surface area contributed by atoms with Gasteiger partial charge in [0.2, 0.25) is 0 Å². The first kappa shape index (κ1) is 13.0. The van der Waals surface area contributed by atoms with E-state index < -0.39 is 5.60 Å². The summed E-state index contributed by atoms with van der Waals surface area (Å²) in [7, 11) is 0. The van der Waals surface area contributed by atoms with Crippen molar-refractivity contribution in [2.45, 2.75) is 44.1 Å². The van der Waals surface area contributed by atoms with Gasteiger partial charge in [-0.2, -0.15) is 0 Å². The van der Waals surface area contributed by atoms with E-state index in [0.717, 1.165) is 18.6 Å². The van der Waals surface area contributed by atoms with Crippen LogP contribution in [-0.4, -0.2) is 16.5 Å². The Hall–Kier alpha value is -0.470. The van der Waals surface area contributed by atoms with Crippen molar-refractivity contribution < 1.29 is 5.11 Å². The third-order valence-corrected chi connectivity index (χ3v) is 5.23. The van der Waals surface area contributed by atoms with E-state index in [-0.39, 0.29) is 5.41 Å². The molecule has 0 radical (unpaired) electrons. The molecule has 94 valence electrons. The highest BCUT2D eigenvalue weighted by Gasteiger charge is 2.48. The zero-order chi connectivity index (χ0) is 12.5. The molecule has 0 unspecified atom stereocenters. The van der Waals surface area contributed by atoms with E-state index in [0.29, 0.717) is 5.92 Å².